The second kappa shape index (κ2) is 5.81. The highest BCUT2D eigenvalue weighted by Crippen LogP contribution is 2.33. The van der Waals surface area contributed by atoms with Gasteiger partial charge in [-0.1, -0.05) is 29.8 Å². The third kappa shape index (κ3) is 3.02. The number of alkyl halides is 1. The largest absolute Gasteiger partial charge is 0.497 e. The van der Waals surface area contributed by atoms with Crippen molar-refractivity contribution in [2.45, 2.75) is 12.3 Å². The summed E-state index contributed by atoms with van der Waals surface area (Å²) < 4.78 is 18.9. The van der Waals surface area contributed by atoms with Gasteiger partial charge in [0.15, 0.2) is 0 Å². The van der Waals surface area contributed by atoms with Crippen LogP contribution in [0.4, 0.5) is 4.39 Å². The Bertz CT molecular complexity index is 599. The molecule has 100 valence electrons. The molecule has 2 rings (SSSR count). The first-order chi connectivity index (χ1) is 9.02. The zero-order chi connectivity index (χ0) is 14.0. The maximum atomic E-state index is 14.0. The number of ether oxygens (including phenoxy) is 1. The molecule has 0 aliphatic carbocycles. The molecule has 0 saturated carbocycles. The van der Waals surface area contributed by atoms with Crippen LogP contribution in [0.2, 0.25) is 5.02 Å². The SMILES string of the molecule is COc1ccc(C(Cl)c2ccc(Cl)c(C)c2)c(F)c1. The van der Waals surface area contributed by atoms with Crippen LogP contribution in [-0.4, -0.2) is 7.11 Å². The van der Waals surface area contributed by atoms with Gasteiger partial charge >= 0.3 is 0 Å². The van der Waals surface area contributed by atoms with Crippen LogP contribution in [0.25, 0.3) is 0 Å². The van der Waals surface area contributed by atoms with E-state index in [9.17, 15) is 4.39 Å². The molecule has 1 unspecified atom stereocenters. The van der Waals surface area contributed by atoms with Crippen LogP contribution in [0.15, 0.2) is 36.4 Å². The summed E-state index contributed by atoms with van der Waals surface area (Å²) in [6, 6.07) is 10.1. The Morgan fingerprint density at radius 1 is 1.16 bits per heavy atom. The summed E-state index contributed by atoms with van der Waals surface area (Å²) >= 11 is 12.3. The van der Waals surface area contributed by atoms with Crippen molar-refractivity contribution in [3.63, 3.8) is 0 Å². The van der Waals surface area contributed by atoms with Gasteiger partial charge in [0.25, 0.3) is 0 Å². The number of benzene rings is 2. The molecule has 0 saturated heterocycles. The summed E-state index contributed by atoms with van der Waals surface area (Å²) in [4.78, 5) is 0. The quantitative estimate of drug-likeness (QED) is 0.714. The van der Waals surface area contributed by atoms with Crippen LogP contribution in [-0.2, 0) is 0 Å². The van der Waals surface area contributed by atoms with E-state index in [-0.39, 0.29) is 5.82 Å². The smallest absolute Gasteiger partial charge is 0.131 e. The Kier molecular flexibility index (Phi) is 4.33. The van der Waals surface area contributed by atoms with Gasteiger partial charge in [-0.15, -0.1) is 11.6 Å². The van der Waals surface area contributed by atoms with Gasteiger partial charge in [0.2, 0.25) is 0 Å². The van der Waals surface area contributed by atoms with Crippen LogP contribution in [0.3, 0.4) is 0 Å². The van der Waals surface area contributed by atoms with Gasteiger partial charge in [-0.2, -0.15) is 0 Å². The van der Waals surface area contributed by atoms with Crippen LogP contribution >= 0.6 is 23.2 Å². The molecule has 0 aliphatic rings. The fraction of sp³-hybridized carbons (Fsp3) is 0.200. The number of hydrogen-bond acceptors (Lipinski definition) is 1. The van der Waals surface area contributed by atoms with Crippen molar-refractivity contribution < 1.29 is 9.13 Å². The minimum Gasteiger partial charge on any atom is -0.497 e. The standard InChI is InChI=1S/C15H13Cl2FO/c1-9-7-10(3-6-13(9)16)15(17)12-5-4-11(19-2)8-14(12)18/h3-8,15H,1-2H3. The number of rotatable bonds is 3. The molecule has 4 heteroatoms. The fourth-order valence-electron chi connectivity index (χ4n) is 1.85. The average molecular weight is 299 g/mol. The fourth-order valence-corrected chi connectivity index (χ4v) is 2.28. The highest BCUT2D eigenvalue weighted by atomic mass is 35.5. The van der Waals surface area contributed by atoms with Gasteiger partial charge in [0, 0.05) is 16.7 Å². The van der Waals surface area contributed by atoms with Crippen LogP contribution in [0.1, 0.15) is 22.1 Å². The predicted molar refractivity (Wildman–Crippen MR) is 76.8 cm³/mol. The van der Waals surface area contributed by atoms with E-state index in [1.165, 1.54) is 13.2 Å². The summed E-state index contributed by atoms with van der Waals surface area (Å²) in [6.45, 7) is 1.89. The second-order valence-corrected chi connectivity index (χ2v) is 5.10. The topological polar surface area (TPSA) is 9.23 Å². The Morgan fingerprint density at radius 3 is 2.47 bits per heavy atom. The Morgan fingerprint density at radius 2 is 1.89 bits per heavy atom. The highest BCUT2D eigenvalue weighted by Gasteiger charge is 2.16. The molecule has 0 radical (unpaired) electrons. The van der Waals surface area contributed by atoms with E-state index in [0.717, 1.165) is 11.1 Å². The van der Waals surface area contributed by atoms with Gasteiger partial charge < -0.3 is 4.74 Å². The average Bonchev–Trinajstić information content (AvgIpc) is 2.41. The molecule has 0 spiro atoms. The van der Waals surface area contributed by atoms with Crippen molar-refractivity contribution in [3.05, 3.63) is 63.9 Å². The number of methoxy groups -OCH3 is 1. The summed E-state index contributed by atoms with van der Waals surface area (Å²) in [5.74, 6) is 0.0874. The first-order valence-electron chi connectivity index (χ1n) is 5.76. The van der Waals surface area contributed by atoms with Crippen LogP contribution < -0.4 is 4.74 Å². The molecule has 0 bridgehead atoms. The summed E-state index contributed by atoms with van der Waals surface area (Å²) in [7, 11) is 1.50. The molecule has 0 fully saturated rings. The molecule has 0 aliphatic heterocycles. The summed E-state index contributed by atoms with van der Waals surface area (Å²) in [5, 5.41) is 0.115. The lowest BCUT2D eigenvalue weighted by Gasteiger charge is -2.13. The summed E-state index contributed by atoms with van der Waals surface area (Å²) in [5.41, 5.74) is 2.15. The molecule has 2 aromatic rings. The monoisotopic (exact) mass is 298 g/mol. The van der Waals surface area contributed by atoms with Gasteiger partial charge in [-0.25, -0.2) is 4.39 Å². The van der Waals surface area contributed by atoms with Crippen molar-refractivity contribution in [2.75, 3.05) is 7.11 Å². The van der Waals surface area contributed by atoms with E-state index in [1.54, 1.807) is 24.3 Å². The van der Waals surface area contributed by atoms with Gasteiger partial charge in [-0.05, 0) is 30.2 Å². The maximum absolute atomic E-state index is 14.0. The zero-order valence-electron chi connectivity index (χ0n) is 10.6. The molecule has 0 heterocycles. The lowest BCUT2D eigenvalue weighted by molar-refractivity contribution is 0.410. The molecular weight excluding hydrogens is 286 g/mol. The molecule has 0 amide bonds. The van der Waals surface area contributed by atoms with Crippen molar-refractivity contribution >= 4 is 23.2 Å². The molecule has 1 nitrogen and oxygen atoms in total. The number of halogens is 3. The molecule has 0 N–H and O–H groups in total. The zero-order valence-corrected chi connectivity index (χ0v) is 12.1. The minimum atomic E-state index is -0.554. The predicted octanol–water partition coefficient (Wildman–Crippen LogP) is 5.12. The Labute approximate surface area is 121 Å². The number of hydrogen-bond donors (Lipinski definition) is 0. The van der Waals surface area contributed by atoms with Crippen molar-refractivity contribution in [1.29, 1.82) is 0 Å². The van der Waals surface area contributed by atoms with Crippen molar-refractivity contribution in [3.8, 4) is 5.75 Å². The molecular formula is C15H13Cl2FO. The van der Waals surface area contributed by atoms with E-state index in [4.69, 9.17) is 27.9 Å². The van der Waals surface area contributed by atoms with E-state index >= 15 is 0 Å². The maximum Gasteiger partial charge on any atom is 0.131 e. The van der Waals surface area contributed by atoms with Gasteiger partial charge in [0.1, 0.15) is 11.6 Å². The third-order valence-corrected chi connectivity index (χ3v) is 3.87. The van der Waals surface area contributed by atoms with E-state index in [1.807, 2.05) is 13.0 Å². The molecule has 2 aromatic carbocycles. The summed E-state index contributed by atoms with van der Waals surface area (Å²) in [6.07, 6.45) is 0. The normalized spacial score (nSPS) is 12.3. The first-order valence-corrected chi connectivity index (χ1v) is 6.58. The molecule has 19 heavy (non-hydrogen) atoms. The van der Waals surface area contributed by atoms with E-state index in [2.05, 4.69) is 0 Å². The number of aryl methyl sites for hydroxylation is 1. The van der Waals surface area contributed by atoms with Crippen LogP contribution in [0.5, 0.6) is 5.75 Å². The Hall–Kier alpha value is -1.25. The third-order valence-electron chi connectivity index (χ3n) is 2.96. The Balaban J connectivity index is 2.38. The first kappa shape index (κ1) is 14.2. The van der Waals surface area contributed by atoms with Gasteiger partial charge in [0.05, 0.1) is 12.5 Å². The van der Waals surface area contributed by atoms with Gasteiger partial charge in [-0.3, -0.25) is 0 Å². The van der Waals surface area contributed by atoms with E-state index in [0.29, 0.717) is 16.3 Å². The lowest BCUT2D eigenvalue weighted by Crippen LogP contribution is -1.98. The van der Waals surface area contributed by atoms with Crippen molar-refractivity contribution in [2.24, 2.45) is 0 Å². The lowest BCUT2D eigenvalue weighted by atomic mass is 10.0. The molecule has 0 aromatic heterocycles. The van der Waals surface area contributed by atoms with Crippen molar-refractivity contribution in [1.82, 2.24) is 0 Å². The van der Waals surface area contributed by atoms with E-state index < -0.39 is 5.38 Å². The second-order valence-electron chi connectivity index (χ2n) is 4.26. The molecule has 1 atom stereocenters. The minimum absolute atomic E-state index is 0.382. The highest BCUT2D eigenvalue weighted by molar-refractivity contribution is 6.31. The van der Waals surface area contributed by atoms with Crippen LogP contribution in [0, 0.1) is 12.7 Å².